The fourth-order valence-electron chi connectivity index (χ4n) is 4.94. The summed E-state index contributed by atoms with van der Waals surface area (Å²) in [5.74, 6) is 1.36. The molecule has 0 unspecified atom stereocenters. The number of methoxy groups -OCH3 is 2. The van der Waals surface area contributed by atoms with Crippen LogP contribution in [-0.4, -0.2) is 26.3 Å². The molecule has 0 amide bonds. The molecule has 0 aromatic heterocycles. The smallest absolute Gasteiger partial charge is 0.321 e. The van der Waals surface area contributed by atoms with E-state index >= 15 is 0 Å². The maximum absolute atomic E-state index is 13.5. The molecule has 2 aliphatic rings. The second-order valence-electron chi connectivity index (χ2n) is 8.60. The van der Waals surface area contributed by atoms with Gasteiger partial charge in [-0.15, -0.1) is 0 Å². The van der Waals surface area contributed by atoms with Gasteiger partial charge in [0, 0.05) is 6.42 Å². The Kier molecular flexibility index (Phi) is 6.64. The molecular weight excluding hydrogens is 388 g/mol. The summed E-state index contributed by atoms with van der Waals surface area (Å²) < 4.78 is 16.7. The van der Waals surface area contributed by atoms with E-state index in [0.717, 1.165) is 35.5 Å². The lowest BCUT2D eigenvalue weighted by molar-refractivity contribution is -0.143. The third-order valence-electron chi connectivity index (χ3n) is 6.70. The second kappa shape index (κ2) is 9.59. The largest absolute Gasteiger partial charge is 0.497 e. The van der Waals surface area contributed by atoms with Crippen molar-refractivity contribution < 1.29 is 19.0 Å². The van der Waals surface area contributed by atoms with Crippen LogP contribution in [0.3, 0.4) is 0 Å². The number of carbonyl (C=O) groups is 1. The molecule has 1 aliphatic heterocycles. The molecule has 4 rings (SSSR count). The van der Waals surface area contributed by atoms with Gasteiger partial charge in [-0.25, -0.2) is 0 Å². The van der Waals surface area contributed by atoms with Crippen molar-refractivity contribution in [2.75, 3.05) is 14.2 Å². The number of benzene rings is 2. The molecule has 0 N–H and O–H groups in total. The van der Waals surface area contributed by atoms with Crippen LogP contribution >= 0.6 is 0 Å². The van der Waals surface area contributed by atoms with Gasteiger partial charge in [-0.05, 0) is 67.2 Å². The first-order valence-corrected chi connectivity index (χ1v) is 11.4. The molecule has 0 radical (unpaired) electrons. The first-order valence-electron chi connectivity index (χ1n) is 11.4. The van der Waals surface area contributed by atoms with Crippen molar-refractivity contribution in [3.05, 3.63) is 71.3 Å². The van der Waals surface area contributed by atoms with E-state index < -0.39 is 5.41 Å². The van der Waals surface area contributed by atoms with E-state index in [2.05, 4.69) is 6.08 Å². The van der Waals surface area contributed by atoms with Crippen LogP contribution in [0.2, 0.25) is 0 Å². The summed E-state index contributed by atoms with van der Waals surface area (Å²) in [5.41, 5.74) is 2.48. The monoisotopic (exact) mass is 420 g/mol. The molecule has 4 nitrogen and oxygen atoms in total. The predicted molar refractivity (Wildman–Crippen MR) is 122 cm³/mol. The average molecular weight is 421 g/mol. The van der Waals surface area contributed by atoms with Crippen LogP contribution in [0.25, 0.3) is 0 Å². The van der Waals surface area contributed by atoms with Crippen LogP contribution in [0.4, 0.5) is 0 Å². The number of hydrogen-bond acceptors (Lipinski definition) is 4. The van der Waals surface area contributed by atoms with Crippen molar-refractivity contribution in [1.82, 2.24) is 0 Å². The molecule has 0 bridgehead atoms. The van der Waals surface area contributed by atoms with Crippen LogP contribution in [0.1, 0.15) is 62.5 Å². The summed E-state index contributed by atoms with van der Waals surface area (Å²) in [6.45, 7) is 0. The first-order chi connectivity index (χ1) is 15.2. The Morgan fingerprint density at radius 3 is 1.77 bits per heavy atom. The maximum Gasteiger partial charge on any atom is 0.321 e. The molecular formula is C27H32O4. The number of rotatable bonds is 5. The molecule has 0 spiro atoms. The van der Waals surface area contributed by atoms with Crippen LogP contribution in [-0.2, 0) is 14.9 Å². The third-order valence-corrected chi connectivity index (χ3v) is 6.70. The van der Waals surface area contributed by atoms with E-state index in [9.17, 15) is 4.79 Å². The van der Waals surface area contributed by atoms with Gasteiger partial charge in [0.15, 0.2) is 0 Å². The quantitative estimate of drug-likeness (QED) is 0.441. The van der Waals surface area contributed by atoms with E-state index in [1.54, 1.807) is 14.2 Å². The van der Waals surface area contributed by atoms with E-state index in [-0.39, 0.29) is 12.1 Å². The van der Waals surface area contributed by atoms with Gasteiger partial charge in [0.1, 0.15) is 23.0 Å². The van der Waals surface area contributed by atoms with Gasteiger partial charge in [-0.3, -0.25) is 4.79 Å². The van der Waals surface area contributed by atoms with Crippen molar-refractivity contribution in [3.8, 4) is 11.5 Å². The zero-order valence-corrected chi connectivity index (χ0v) is 18.6. The molecule has 1 aliphatic carbocycles. The molecule has 1 atom stereocenters. The maximum atomic E-state index is 13.5. The highest BCUT2D eigenvalue weighted by molar-refractivity contribution is 5.90. The molecule has 2 aromatic rings. The zero-order valence-electron chi connectivity index (χ0n) is 18.6. The molecule has 2 fully saturated rings. The third kappa shape index (κ3) is 4.48. The fraction of sp³-hybridized carbons (Fsp3) is 0.444. The van der Waals surface area contributed by atoms with E-state index in [4.69, 9.17) is 14.2 Å². The van der Waals surface area contributed by atoms with Crippen LogP contribution in [0.15, 0.2) is 60.2 Å². The SMILES string of the molecule is COc1ccc(C2(c3ccc(OC)cc3)C[C@@H](C=C3CCCCCCC3)OC2=O)cc1. The Balaban J connectivity index is 1.70. The summed E-state index contributed by atoms with van der Waals surface area (Å²) in [6, 6.07) is 15.6. The van der Waals surface area contributed by atoms with E-state index in [0.29, 0.717) is 6.42 Å². The highest BCUT2D eigenvalue weighted by atomic mass is 16.6. The Morgan fingerprint density at radius 2 is 1.29 bits per heavy atom. The van der Waals surface area contributed by atoms with Crippen molar-refractivity contribution in [2.24, 2.45) is 0 Å². The Morgan fingerprint density at radius 1 is 0.806 bits per heavy atom. The number of allylic oxidation sites excluding steroid dienone is 1. The minimum absolute atomic E-state index is 0.185. The van der Waals surface area contributed by atoms with Gasteiger partial charge in [-0.1, -0.05) is 49.1 Å². The minimum atomic E-state index is -0.831. The van der Waals surface area contributed by atoms with Gasteiger partial charge >= 0.3 is 5.97 Å². The Bertz CT molecular complexity index is 854. The lowest BCUT2D eigenvalue weighted by Crippen LogP contribution is -2.33. The molecule has 164 valence electrons. The molecule has 4 heteroatoms. The minimum Gasteiger partial charge on any atom is -0.497 e. The van der Waals surface area contributed by atoms with Crippen molar-refractivity contribution >= 4 is 5.97 Å². The number of cyclic esters (lactones) is 1. The van der Waals surface area contributed by atoms with Gasteiger partial charge < -0.3 is 14.2 Å². The van der Waals surface area contributed by atoms with E-state index in [1.807, 2.05) is 48.5 Å². The Labute approximate surface area is 185 Å². The summed E-state index contributed by atoms with van der Waals surface area (Å²) >= 11 is 0. The molecule has 1 saturated carbocycles. The fourth-order valence-corrected chi connectivity index (χ4v) is 4.94. The topological polar surface area (TPSA) is 44.8 Å². The Hall–Kier alpha value is -2.75. The number of ether oxygens (including phenoxy) is 3. The predicted octanol–water partition coefficient (Wildman–Crippen LogP) is 5.98. The van der Waals surface area contributed by atoms with Gasteiger partial charge in [0.2, 0.25) is 0 Å². The van der Waals surface area contributed by atoms with E-state index in [1.165, 1.54) is 37.7 Å². The normalized spacial score (nSPS) is 21.0. The molecule has 1 heterocycles. The highest BCUT2D eigenvalue weighted by Gasteiger charge is 2.51. The van der Waals surface area contributed by atoms with Crippen LogP contribution in [0.5, 0.6) is 11.5 Å². The highest BCUT2D eigenvalue weighted by Crippen LogP contribution is 2.45. The van der Waals surface area contributed by atoms with Crippen molar-refractivity contribution in [2.45, 2.75) is 62.9 Å². The van der Waals surface area contributed by atoms with Crippen LogP contribution in [0, 0.1) is 0 Å². The zero-order chi connectivity index (χ0) is 21.7. The van der Waals surface area contributed by atoms with Gasteiger partial charge in [-0.2, -0.15) is 0 Å². The van der Waals surface area contributed by atoms with Crippen molar-refractivity contribution in [1.29, 1.82) is 0 Å². The number of carbonyl (C=O) groups excluding carboxylic acids is 1. The molecule has 31 heavy (non-hydrogen) atoms. The lowest BCUT2D eigenvalue weighted by atomic mass is 9.72. The van der Waals surface area contributed by atoms with Gasteiger partial charge in [0.25, 0.3) is 0 Å². The summed E-state index contributed by atoms with van der Waals surface area (Å²) in [7, 11) is 3.30. The van der Waals surface area contributed by atoms with Gasteiger partial charge in [0.05, 0.1) is 14.2 Å². The first kappa shape index (κ1) is 21.5. The van der Waals surface area contributed by atoms with Crippen molar-refractivity contribution in [3.63, 3.8) is 0 Å². The average Bonchev–Trinajstić information content (AvgIpc) is 3.12. The summed E-state index contributed by atoms with van der Waals surface area (Å²) in [6.07, 6.45) is 11.3. The standard InChI is InChI=1S/C27H32O4/c1-29-23-14-10-21(11-15-23)27(22-12-16-24(30-2)17-13-22)19-25(31-26(27)28)18-20-8-6-4-3-5-7-9-20/h10-18,25H,3-9,19H2,1-2H3/t25-/m1/s1. The second-order valence-corrected chi connectivity index (χ2v) is 8.60. The molecule has 2 aromatic carbocycles. The van der Waals surface area contributed by atoms with Crippen LogP contribution < -0.4 is 9.47 Å². The molecule has 1 saturated heterocycles. The summed E-state index contributed by atoms with van der Waals surface area (Å²) in [4.78, 5) is 13.5. The number of esters is 1. The lowest BCUT2D eigenvalue weighted by Gasteiger charge is -2.26. The number of hydrogen-bond donors (Lipinski definition) is 0. The summed E-state index contributed by atoms with van der Waals surface area (Å²) in [5, 5.41) is 0.